The minimum absolute atomic E-state index is 0.0446. The van der Waals surface area contributed by atoms with Crippen LogP contribution in [0, 0.1) is 0 Å². The third-order valence-corrected chi connectivity index (χ3v) is 2.08. The summed E-state index contributed by atoms with van der Waals surface area (Å²) in [5.41, 5.74) is 1.31. The molecule has 0 aliphatic heterocycles. The van der Waals surface area contributed by atoms with Crippen LogP contribution in [0.15, 0.2) is 29.4 Å². The highest BCUT2D eigenvalue weighted by Crippen LogP contribution is 2.13. The smallest absolute Gasteiger partial charge is 0.119 e. The Morgan fingerprint density at radius 3 is 2.50 bits per heavy atom. The van der Waals surface area contributed by atoms with E-state index in [9.17, 15) is 0 Å². The van der Waals surface area contributed by atoms with Crippen molar-refractivity contribution in [1.29, 1.82) is 0 Å². The highest BCUT2D eigenvalue weighted by atomic mass is 16.5. The summed E-state index contributed by atoms with van der Waals surface area (Å²) in [6, 6.07) is 6.90. The van der Waals surface area contributed by atoms with Crippen LogP contribution in [0.1, 0.15) is 12.5 Å². The Labute approximate surface area is 93.6 Å². The molecule has 0 heterocycles. The van der Waals surface area contributed by atoms with Crippen LogP contribution in [-0.2, 0) is 0 Å². The highest BCUT2D eigenvalue weighted by molar-refractivity contribution is 5.98. The predicted molar refractivity (Wildman–Crippen MR) is 59.0 cm³/mol. The maximum absolute atomic E-state index is 9.07. The third-order valence-electron chi connectivity index (χ3n) is 2.08. The minimum atomic E-state index is -0.875. The van der Waals surface area contributed by atoms with E-state index in [2.05, 4.69) is 5.16 Å². The summed E-state index contributed by atoms with van der Waals surface area (Å²) in [4.78, 5) is 0. The van der Waals surface area contributed by atoms with Crippen LogP contribution in [0.3, 0.4) is 0 Å². The number of ether oxygens (including phenoxy) is 1. The molecule has 5 heteroatoms. The quantitative estimate of drug-likeness (QED) is 0.389. The molecule has 0 bridgehead atoms. The fourth-order valence-electron chi connectivity index (χ4n) is 1.10. The van der Waals surface area contributed by atoms with Crippen molar-refractivity contribution >= 4 is 5.71 Å². The first-order chi connectivity index (χ1) is 7.67. The lowest BCUT2D eigenvalue weighted by molar-refractivity contribution is 0.0536. The fourth-order valence-corrected chi connectivity index (χ4v) is 1.10. The van der Waals surface area contributed by atoms with Gasteiger partial charge in [-0.25, -0.2) is 0 Å². The van der Waals surface area contributed by atoms with Gasteiger partial charge in [-0.15, -0.1) is 0 Å². The van der Waals surface area contributed by atoms with Crippen LogP contribution in [0.2, 0.25) is 0 Å². The molecule has 1 atom stereocenters. The molecule has 0 spiro atoms. The van der Waals surface area contributed by atoms with Crippen LogP contribution in [0.5, 0.6) is 5.75 Å². The number of hydrogen-bond donors (Lipinski definition) is 3. The Balaban J connectivity index is 2.58. The Morgan fingerprint density at radius 1 is 1.38 bits per heavy atom. The van der Waals surface area contributed by atoms with E-state index in [0.29, 0.717) is 11.5 Å². The molecular formula is C11H15NO4. The molecule has 0 aromatic heterocycles. The van der Waals surface area contributed by atoms with Gasteiger partial charge in [0.05, 0.1) is 12.3 Å². The molecule has 0 radical (unpaired) electrons. The second kappa shape index (κ2) is 6.09. The van der Waals surface area contributed by atoms with Crippen molar-refractivity contribution in [2.45, 2.75) is 13.0 Å². The summed E-state index contributed by atoms with van der Waals surface area (Å²) < 4.78 is 5.21. The zero-order chi connectivity index (χ0) is 12.0. The van der Waals surface area contributed by atoms with Crippen molar-refractivity contribution in [3.63, 3.8) is 0 Å². The van der Waals surface area contributed by atoms with Crippen LogP contribution >= 0.6 is 0 Å². The second-order valence-electron chi connectivity index (χ2n) is 3.36. The Kier molecular flexibility index (Phi) is 4.75. The average Bonchev–Trinajstić information content (AvgIpc) is 2.35. The lowest BCUT2D eigenvalue weighted by Gasteiger charge is -2.09. The van der Waals surface area contributed by atoms with Gasteiger partial charge in [0.15, 0.2) is 0 Å². The Bertz CT molecular complexity index is 348. The number of oxime groups is 1. The molecule has 5 nitrogen and oxygen atoms in total. The van der Waals surface area contributed by atoms with E-state index >= 15 is 0 Å². The zero-order valence-corrected chi connectivity index (χ0v) is 9.00. The van der Waals surface area contributed by atoms with Gasteiger partial charge in [0, 0.05) is 0 Å². The van der Waals surface area contributed by atoms with Gasteiger partial charge in [-0.3, -0.25) is 0 Å². The van der Waals surface area contributed by atoms with Crippen molar-refractivity contribution in [2.24, 2.45) is 5.16 Å². The SMILES string of the molecule is C/C(=N/O)c1ccc(OC[C@@H](O)CO)cc1. The summed E-state index contributed by atoms with van der Waals surface area (Å²) in [5.74, 6) is 0.585. The molecule has 0 saturated carbocycles. The van der Waals surface area contributed by atoms with E-state index in [-0.39, 0.29) is 13.2 Å². The molecule has 1 aromatic rings. The number of nitrogens with zero attached hydrogens (tertiary/aromatic N) is 1. The number of hydrogen-bond acceptors (Lipinski definition) is 5. The summed E-state index contributed by atoms with van der Waals surface area (Å²) in [6.07, 6.45) is -0.875. The maximum atomic E-state index is 9.07. The zero-order valence-electron chi connectivity index (χ0n) is 9.00. The van der Waals surface area contributed by atoms with Gasteiger partial charge in [0.1, 0.15) is 18.5 Å². The van der Waals surface area contributed by atoms with E-state index in [1.807, 2.05) is 0 Å². The highest BCUT2D eigenvalue weighted by Gasteiger charge is 2.03. The molecule has 0 aliphatic carbocycles. The number of aliphatic hydroxyl groups excluding tert-OH is 2. The fraction of sp³-hybridized carbons (Fsp3) is 0.364. The predicted octanol–water partition coefficient (Wildman–Crippen LogP) is 0.617. The topological polar surface area (TPSA) is 82.3 Å². The monoisotopic (exact) mass is 225 g/mol. The molecule has 3 N–H and O–H groups in total. The minimum Gasteiger partial charge on any atom is -0.491 e. The second-order valence-corrected chi connectivity index (χ2v) is 3.36. The van der Waals surface area contributed by atoms with Crippen molar-refractivity contribution < 1.29 is 20.2 Å². The first kappa shape index (κ1) is 12.5. The van der Waals surface area contributed by atoms with Crippen LogP contribution in [-0.4, -0.2) is 40.4 Å². The lowest BCUT2D eigenvalue weighted by Crippen LogP contribution is -2.21. The lowest BCUT2D eigenvalue weighted by atomic mass is 10.1. The molecule has 0 fully saturated rings. The molecule has 88 valence electrons. The van der Waals surface area contributed by atoms with E-state index in [0.717, 1.165) is 5.56 Å². The molecule has 0 unspecified atom stereocenters. The largest absolute Gasteiger partial charge is 0.491 e. The van der Waals surface area contributed by atoms with Crippen molar-refractivity contribution in [3.05, 3.63) is 29.8 Å². The molecule has 1 rings (SSSR count). The Morgan fingerprint density at radius 2 is 2.00 bits per heavy atom. The van der Waals surface area contributed by atoms with Crippen molar-refractivity contribution in [1.82, 2.24) is 0 Å². The Hall–Kier alpha value is -1.59. The van der Waals surface area contributed by atoms with Gasteiger partial charge >= 0.3 is 0 Å². The van der Waals surface area contributed by atoms with Crippen LogP contribution < -0.4 is 4.74 Å². The molecule has 0 aliphatic rings. The summed E-state index contributed by atoms with van der Waals surface area (Å²) in [5, 5.41) is 29.3. The van der Waals surface area contributed by atoms with Crippen molar-refractivity contribution in [3.8, 4) is 5.75 Å². The average molecular weight is 225 g/mol. The van der Waals surface area contributed by atoms with Gasteiger partial charge in [-0.2, -0.15) is 0 Å². The molecule has 16 heavy (non-hydrogen) atoms. The first-order valence-corrected chi connectivity index (χ1v) is 4.88. The normalized spacial score (nSPS) is 13.6. The molecular weight excluding hydrogens is 210 g/mol. The summed E-state index contributed by atoms with van der Waals surface area (Å²) >= 11 is 0. The van der Waals surface area contributed by atoms with Crippen LogP contribution in [0.4, 0.5) is 0 Å². The van der Waals surface area contributed by atoms with Gasteiger partial charge in [-0.05, 0) is 36.8 Å². The van der Waals surface area contributed by atoms with Gasteiger partial charge in [-0.1, -0.05) is 5.16 Å². The molecule has 0 saturated heterocycles. The van der Waals surface area contributed by atoms with Gasteiger partial charge in [0.25, 0.3) is 0 Å². The number of benzene rings is 1. The summed E-state index contributed by atoms with van der Waals surface area (Å²) in [7, 11) is 0. The standard InChI is InChI=1S/C11H15NO4/c1-8(12-15)9-2-4-11(5-3-9)16-7-10(14)6-13/h2-5,10,13-15H,6-7H2,1H3/b12-8-/t10-/m0/s1. The summed E-state index contributed by atoms with van der Waals surface area (Å²) in [6.45, 7) is 1.41. The number of rotatable bonds is 5. The van der Waals surface area contributed by atoms with Crippen molar-refractivity contribution in [2.75, 3.05) is 13.2 Å². The van der Waals surface area contributed by atoms with E-state index < -0.39 is 6.10 Å². The molecule has 0 amide bonds. The number of aliphatic hydroxyl groups is 2. The van der Waals surface area contributed by atoms with E-state index in [1.165, 1.54) is 0 Å². The first-order valence-electron chi connectivity index (χ1n) is 4.88. The molecule has 1 aromatic carbocycles. The van der Waals surface area contributed by atoms with Gasteiger partial charge in [0.2, 0.25) is 0 Å². The maximum Gasteiger partial charge on any atom is 0.119 e. The van der Waals surface area contributed by atoms with Crippen LogP contribution in [0.25, 0.3) is 0 Å². The third kappa shape index (κ3) is 3.52. The van der Waals surface area contributed by atoms with E-state index in [4.69, 9.17) is 20.2 Å². The van der Waals surface area contributed by atoms with E-state index in [1.54, 1.807) is 31.2 Å². The van der Waals surface area contributed by atoms with Gasteiger partial charge < -0.3 is 20.2 Å².